The van der Waals surface area contributed by atoms with E-state index < -0.39 is 24.6 Å². The smallest absolute Gasteiger partial charge is 0.314 e. The minimum Gasteiger partial charge on any atom is -0.469 e. The second kappa shape index (κ2) is 15.9. The highest BCUT2D eigenvalue weighted by atomic mass is 16.5. The van der Waals surface area contributed by atoms with Crippen LogP contribution in [0.4, 0.5) is 0 Å². The van der Waals surface area contributed by atoms with Gasteiger partial charge in [-0.3, -0.25) is 9.59 Å². The quantitative estimate of drug-likeness (QED) is 0.319. The van der Waals surface area contributed by atoms with E-state index in [9.17, 15) is 19.8 Å². The summed E-state index contributed by atoms with van der Waals surface area (Å²) in [6, 6.07) is 9.33. The minimum atomic E-state index is -0.895. The van der Waals surface area contributed by atoms with Crippen molar-refractivity contribution in [1.82, 2.24) is 0 Å². The highest BCUT2D eigenvalue weighted by Crippen LogP contribution is 2.16. The lowest BCUT2D eigenvalue weighted by atomic mass is 9.97. The molecule has 2 N–H and O–H groups in total. The van der Waals surface area contributed by atoms with E-state index in [0.29, 0.717) is 12.8 Å². The lowest BCUT2D eigenvalue weighted by Gasteiger charge is -2.19. The lowest BCUT2D eigenvalue weighted by Crippen LogP contribution is -2.32. The van der Waals surface area contributed by atoms with Crippen molar-refractivity contribution in [2.75, 3.05) is 13.7 Å². The molecule has 6 nitrogen and oxygen atoms in total. The normalized spacial score (nSPS) is 12.9. The molecular formula is C23H36O6. The molecule has 0 unspecified atom stereocenters. The van der Waals surface area contributed by atoms with Crippen LogP contribution in [0.15, 0.2) is 30.3 Å². The number of rotatable bonds is 16. The fourth-order valence-corrected chi connectivity index (χ4v) is 3.18. The van der Waals surface area contributed by atoms with Crippen molar-refractivity contribution in [3.8, 4) is 0 Å². The van der Waals surface area contributed by atoms with E-state index in [1.807, 2.05) is 30.3 Å². The Hall–Kier alpha value is -1.92. The summed E-state index contributed by atoms with van der Waals surface area (Å²) >= 11 is 0. The molecule has 0 fully saturated rings. The van der Waals surface area contributed by atoms with Gasteiger partial charge in [-0.15, -0.1) is 0 Å². The Morgan fingerprint density at radius 3 is 2.10 bits per heavy atom. The lowest BCUT2D eigenvalue weighted by molar-refractivity contribution is -0.156. The molecular weight excluding hydrogens is 372 g/mol. The first-order chi connectivity index (χ1) is 14.1. The van der Waals surface area contributed by atoms with Gasteiger partial charge >= 0.3 is 11.9 Å². The van der Waals surface area contributed by atoms with Gasteiger partial charge in [0.05, 0.1) is 19.8 Å². The maximum atomic E-state index is 12.1. The van der Waals surface area contributed by atoms with Gasteiger partial charge in [-0.25, -0.2) is 0 Å². The zero-order valence-electron chi connectivity index (χ0n) is 17.6. The standard InChI is InChI=1S/C23H36O6/c1-28-22(26)16-12-7-5-3-2-4-6-11-15-21(25)20(17-24)23(27)29-18-19-13-9-8-10-14-19/h8-10,13-14,20-21,24-25H,2-7,11-12,15-18H2,1H3/t20-,21+/m0/s1. The fourth-order valence-electron chi connectivity index (χ4n) is 3.18. The molecule has 0 aromatic heterocycles. The average Bonchev–Trinajstić information content (AvgIpc) is 2.74. The first-order valence-corrected chi connectivity index (χ1v) is 10.6. The third-order valence-electron chi connectivity index (χ3n) is 5.05. The molecule has 0 saturated carbocycles. The number of carbonyl (C=O) groups excluding carboxylic acids is 2. The van der Waals surface area contributed by atoms with Gasteiger partial charge in [-0.05, 0) is 18.4 Å². The third kappa shape index (κ3) is 11.6. The van der Waals surface area contributed by atoms with Crippen LogP contribution < -0.4 is 0 Å². The van der Waals surface area contributed by atoms with Gasteiger partial charge in [0.2, 0.25) is 0 Å². The third-order valence-corrected chi connectivity index (χ3v) is 5.05. The molecule has 0 saturated heterocycles. The first kappa shape index (κ1) is 25.1. The van der Waals surface area contributed by atoms with E-state index in [0.717, 1.165) is 56.9 Å². The number of benzene rings is 1. The Kier molecular flexibility index (Phi) is 13.8. The van der Waals surface area contributed by atoms with Gasteiger partial charge in [-0.1, -0.05) is 75.3 Å². The number of methoxy groups -OCH3 is 1. The number of aliphatic hydroxyl groups is 2. The van der Waals surface area contributed by atoms with E-state index in [2.05, 4.69) is 4.74 Å². The molecule has 29 heavy (non-hydrogen) atoms. The molecule has 1 aromatic carbocycles. The van der Waals surface area contributed by atoms with Crippen molar-refractivity contribution >= 4 is 11.9 Å². The van der Waals surface area contributed by atoms with Crippen LogP contribution in [0.3, 0.4) is 0 Å². The van der Waals surface area contributed by atoms with Gasteiger partial charge < -0.3 is 19.7 Å². The van der Waals surface area contributed by atoms with Crippen LogP contribution in [0.2, 0.25) is 0 Å². The zero-order chi connectivity index (χ0) is 21.3. The van der Waals surface area contributed by atoms with E-state index >= 15 is 0 Å². The van der Waals surface area contributed by atoms with Gasteiger partial charge in [0, 0.05) is 6.42 Å². The number of esters is 2. The number of carbonyl (C=O) groups is 2. The largest absolute Gasteiger partial charge is 0.469 e. The molecule has 0 amide bonds. The second-order valence-electron chi connectivity index (χ2n) is 7.39. The van der Waals surface area contributed by atoms with Gasteiger partial charge in [0.15, 0.2) is 0 Å². The second-order valence-corrected chi connectivity index (χ2v) is 7.39. The van der Waals surface area contributed by atoms with Crippen LogP contribution in [0.25, 0.3) is 0 Å². The summed E-state index contributed by atoms with van der Waals surface area (Å²) in [5.74, 6) is -1.60. The van der Waals surface area contributed by atoms with Crippen molar-refractivity contribution in [3.63, 3.8) is 0 Å². The van der Waals surface area contributed by atoms with Crippen molar-refractivity contribution in [2.24, 2.45) is 5.92 Å². The van der Waals surface area contributed by atoms with E-state index in [-0.39, 0.29) is 12.6 Å². The molecule has 0 bridgehead atoms. The number of ether oxygens (including phenoxy) is 2. The Balaban J connectivity index is 2.08. The maximum Gasteiger partial charge on any atom is 0.314 e. The summed E-state index contributed by atoms with van der Waals surface area (Å²) in [5, 5.41) is 19.7. The zero-order valence-corrected chi connectivity index (χ0v) is 17.6. The summed E-state index contributed by atoms with van der Waals surface area (Å²) in [6.07, 6.45) is 8.23. The highest BCUT2D eigenvalue weighted by Gasteiger charge is 2.27. The number of hydrogen-bond donors (Lipinski definition) is 2. The highest BCUT2D eigenvalue weighted by molar-refractivity contribution is 5.73. The van der Waals surface area contributed by atoms with Crippen LogP contribution in [0.5, 0.6) is 0 Å². The SMILES string of the molecule is COC(=O)CCCCCCCCCC[C@@H](O)[C@H](CO)C(=O)OCc1ccccc1. The number of unbranched alkanes of at least 4 members (excludes halogenated alkanes) is 7. The van der Waals surface area contributed by atoms with E-state index in [1.54, 1.807) is 0 Å². The minimum absolute atomic E-state index is 0.141. The fraction of sp³-hybridized carbons (Fsp3) is 0.652. The van der Waals surface area contributed by atoms with Crippen LogP contribution in [-0.2, 0) is 25.7 Å². The summed E-state index contributed by atoms with van der Waals surface area (Å²) in [5.41, 5.74) is 0.873. The molecule has 0 aliphatic rings. The topological polar surface area (TPSA) is 93.1 Å². The van der Waals surface area contributed by atoms with Gasteiger partial charge in [0.25, 0.3) is 0 Å². The van der Waals surface area contributed by atoms with Crippen LogP contribution in [0, 0.1) is 5.92 Å². The van der Waals surface area contributed by atoms with Crippen molar-refractivity contribution in [1.29, 1.82) is 0 Å². The Bertz CT molecular complexity index is 560. The van der Waals surface area contributed by atoms with Gasteiger partial charge in [-0.2, -0.15) is 0 Å². The molecule has 0 aliphatic heterocycles. The van der Waals surface area contributed by atoms with E-state index in [4.69, 9.17) is 4.74 Å². The Morgan fingerprint density at radius 1 is 0.931 bits per heavy atom. The molecule has 0 aliphatic carbocycles. The first-order valence-electron chi connectivity index (χ1n) is 10.6. The summed E-state index contributed by atoms with van der Waals surface area (Å²) in [4.78, 5) is 23.1. The van der Waals surface area contributed by atoms with Gasteiger partial charge in [0.1, 0.15) is 12.5 Å². The molecule has 164 valence electrons. The predicted molar refractivity (Wildman–Crippen MR) is 111 cm³/mol. The van der Waals surface area contributed by atoms with Crippen molar-refractivity contribution in [2.45, 2.75) is 76.9 Å². The molecule has 1 aromatic rings. The van der Waals surface area contributed by atoms with E-state index in [1.165, 1.54) is 7.11 Å². The molecule has 0 heterocycles. The Labute approximate surface area is 174 Å². The molecule has 0 spiro atoms. The monoisotopic (exact) mass is 408 g/mol. The molecule has 0 radical (unpaired) electrons. The molecule has 1 rings (SSSR count). The molecule has 6 heteroatoms. The maximum absolute atomic E-state index is 12.1. The van der Waals surface area contributed by atoms with Crippen LogP contribution in [0.1, 0.15) is 69.8 Å². The number of hydrogen-bond acceptors (Lipinski definition) is 6. The predicted octanol–water partition coefficient (Wildman–Crippen LogP) is 3.77. The summed E-state index contributed by atoms with van der Waals surface area (Å²) in [6.45, 7) is -0.275. The summed E-state index contributed by atoms with van der Waals surface area (Å²) in [7, 11) is 1.41. The van der Waals surface area contributed by atoms with Crippen LogP contribution in [-0.4, -0.2) is 42.0 Å². The number of aliphatic hydroxyl groups excluding tert-OH is 2. The van der Waals surface area contributed by atoms with Crippen molar-refractivity contribution < 1.29 is 29.3 Å². The summed E-state index contributed by atoms with van der Waals surface area (Å²) < 4.78 is 9.84. The molecule has 2 atom stereocenters. The Morgan fingerprint density at radius 2 is 1.52 bits per heavy atom. The van der Waals surface area contributed by atoms with Crippen molar-refractivity contribution in [3.05, 3.63) is 35.9 Å². The average molecular weight is 409 g/mol. The van der Waals surface area contributed by atoms with Crippen LogP contribution >= 0.6 is 0 Å².